The van der Waals surface area contributed by atoms with Crippen LogP contribution in [0.15, 0.2) is 48.8 Å². The van der Waals surface area contributed by atoms with E-state index in [2.05, 4.69) is 39.6 Å². The Hall–Kier alpha value is -2.82. The highest BCUT2D eigenvalue weighted by molar-refractivity contribution is 5.93. The Morgan fingerprint density at radius 2 is 1.93 bits per heavy atom. The highest BCUT2D eigenvalue weighted by atomic mass is 16.5. The van der Waals surface area contributed by atoms with E-state index in [1.54, 1.807) is 13.4 Å². The number of hydrogen-bond acceptors (Lipinski definition) is 5. The minimum Gasteiger partial charge on any atom is -0.494 e. The normalized spacial score (nSPS) is 20.3. The number of methoxy groups -OCH3 is 1. The lowest BCUT2D eigenvalue weighted by atomic mass is 9.86. The molecule has 5 rings (SSSR count). The van der Waals surface area contributed by atoms with E-state index >= 15 is 0 Å². The molecule has 1 aliphatic carbocycles. The van der Waals surface area contributed by atoms with Crippen molar-refractivity contribution in [3.8, 4) is 11.5 Å². The van der Waals surface area contributed by atoms with E-state index in [0.717, 1.165) is 47.5 Å². The van der Waals surface area contributed by atoms with Crippen LogP contribution >= 0.6 is 0 Å². The first-order chi connectivity index (χ1) is 13.3. The van der Waals surface area contributed by atoms with Gasteiger partial charge in [-0.05, 0) is 43.9 Å². The van der Waals surface area contributed by atoms with Crippen molar-refractivity contribution >= 4 is 16.7 Å². The number of aromatic nitrogens is 2. The lowest BCUT2D eigenvalue weighted by molar-refractivity contribution is 0.0453. The quantitative estimate of drug-likeness (QED) is 0.720. The second kappa shape index (κ2) is 6.41. The number of benzene rings is 2. The summed E-state index contributed by atoms with van der Waals surface area (Å²) in [6, 6.07) is 14.5. The Labute approximate surface area is 158 Å². The molecule has 5 nitrogen and oxygen atoms in total. The predicted molar refractivity (Wildman–Crippen MR) is 105 cm³/mol. The van der Waals surface area contributed by atoms with Crippen LogP contribution in [-0.4, -0.2) is 22.7 Å². The third kappa shape index (κ3) is 2.78. The van der Waals surface area contributed by atoms with Crippen molar-refractivity contribution < 1.29 is 9.47 Å². The van der Waals surface area contributed by atoms with Gasteiger partial charge in [-0.3, -0.25) is 0 Å². The lowest BCUT2D eigenvalue weighted by Crippen LogP contribution is -2.40. The van der Waals surface area contributed by atoms with Gasteiger partial charge in [0.05, 0.1) is 13.2 Å². The fraction of sp³-hybridized carbons (Fsp3) is 0.364. The summed E-state index contributed by atoms with van der Waals surface area (Å²) in [6.45, 7) is 0. The van der Waals surface area contributed by atoms with Crippen LogP contribution in [0.2, 0.25) is 0 Å². The molecule has 1 aliphatic heterocycles. The number of hydrogen-bond donors (Lipinski definition) is 1. The van der Waals surface area contributed by atoms with Gasteiger partial charge < -0.3 is 14.8 Å². The molecule has 1 spiro atoms. The van der Waals surface area contributed by atoms with Crippen LogP contribution in [-0.2, 0) is 0 Å². The number of nitrogens with one attached hydrogen (secondary N) is 1. The van der Waals surface area contributed by atoms with Gasteiger partial charge >= 0.3 is 0 Å². The van der Waals surface area contributed by atoms with Crippen molar-refractivity contribution in [2.45, 2.75) is 43.7 Å². The first-order valence-electron chi connectivity index (χ1n) is 9.60. The van der Waals surface area contributed by atoms with Crippen LogP contribution < -0.4 is 14.8 Å². The van der Waals surface area contributed by atoms with Gasteiger partial charge in [0.15, 0.2) is 0 Å². The average molecular weight is 361 g/mol. The van der Waals surface area contributed by atoms with E-state index < -0.39 is 0 Å². The van der Waals surface area contributed by atoms with Gasteiger partial charge in [0, 0.05) is 17.4 Å². The van der Waals surface area contributed by atoms with Gasteiger partial charge in [-0.1, -0.05) is 24.3 Å². The van der Waals surface area contributed by atoms with E-state index in [0.29, 0.717) is 0 Å². The predicted octanol–water partition coefficient (Wildman–Crippen LogP) is 4.89. The zero-order chi connectivity index (χ0) is 18.3. The van der Waals surface area contributed by atoms with Crippen molar-refractivity contribution in [1.29, 1.82) is 0 Å². The van der Waals surface area contributed by atoms with Crippen LogP contribution in [0.1, 0.15) is 43.7 Å². The molecule has 27 heavy (non-hydrogen) atoms. The maximum atomic E-state index is 6.48. The van der Waals surface area contributed by atoms with Gasteiger partial charge in [-0.25, -0.2) is 9.97 Å². The van der Waals surface area contributed by atoms with E-state index in [4.69, 9.17) is 9.47 Å². The summed E-state index contributed by atoms with van der Waals surface area (Å²) in [5, 5.41) is 4.67. The van der Waals surface area contributed by atoms with Crippen molar-refractivity contribution in [3.05, 3.63) is 54.4 Å². The molecule has 0 saturated heterocycles. The van der Waals surface area contributed by atoms with Crippen molar-refractivity contribution in [1.82, 2.24) is 9.97 Å². The zero-order valence-corrected chi connectivity index (χ0v) is 15.4. The molecule has 0 bridgehead atoms. The number of fused-ring (bicyclic) bond motifs is 2. The first-order valence-corrected chi connectivity index (χ1v) is 9.60. The van der Waals surface area contributed by atoms with Crippen LogP contribution in [0.3, 0.4) is 0 Å². The standard InChI is InChI=1S/C22H23N3O2/c1-26-19-10-6-8-16-20(19)23-14-24-21(16)25-17-13-22(11-4-5-12-22)27-18-9-3-2-7-15(17)18/h2-3,6-10,14,17H,4-5,11-13H2,1H3,(H,23,24,25). The molecule has 5 heteroatoms. The van der Waals surface area contributed by atoms with Gasteiger partial charge in [0.2, 0.25) is 0 Å². The van der Waals surface area contributed by atoms with E-state index in [1.165, 1.54) is 18.4 Å². The molecule has 1 saturated carbocycles. The average Bonchev–Trinajstić information content (AvgIpc) is 3.15. The molecule has 1 N–H and O–H groups in total. The molecule has 0 radical (unpaired) electrons. The maximum Gasteiger partial charge on any atom is 0.145 e. The molecular weight excluding hydrogens is 338 g/mol. The molecule has 3 aromatic rings. The minimum atomic E-state index is -0.0491. The molecule has 2 aromatic carbocycles. The van der Waals surface area contributed by atoms with E-state index in [1.807, 2.05) is 18.2 Å². The molecular formula is C22H23N3O2. The van der Waals surface area contributed by atoms with Crippen molar-refractivity contribution in [2.24, 2.45) is 0 Å². The summed E-state index contributed by atoms with van der Waals surface area (Å²) in [5.74, 6) is 2.60. The van der Waals surface area contributed by atoms with Crippen molar-refractivity contribution in [2.75, 3.05) is 12.4 Å². The summed E-state index contributed by atoms with van der Waals surface area (Å²) in [5.41, 5.74) is 1.98. The summed E-state index contributed by atoms with van der Waals surface area (Å²) >= 11 is 0. The van der Waals surface area contributed by atoms with Crippen LogP contribution in [0, 0.1) is 0 Å². The lowest BCUT2D eigenvalue weighted by Gasteiger charge is -2.40. The number of rotatable bonds is 3. The second-order valence-corrected chi connectivity index (χ2v) is 7.51. The fourth-order valence-electron chi connectivity index (χ4n) is 4.58. The zero-order valence-electron chi connectivity index (χ0n) is 15.4. The van der Waals surface area contributed by atoms with Crippen molar-refractivity contribution in [3.63, 3.8) is 0 Å². The molecule has 0 amide bonds. The second-order valence-electron chi connectivity index (χ2n) is 7.51. The van der Waals surface area contributed by atoms with Gasteiger partial charge in [0.1, 0.15) is 34.8 Å². The molecule has 1 unspecified atom stereocenters. The molecule has 1 fully saturated rings. The number of ether oxygens (including phenoxy) is 2. The molecule has 138 valence electrons. The Bertz CT molecular complexity index is 982. The number of anilines is 1. The third-order valence-corrected chi connectivity index (χ3v) is 5.87. The molecule has 2 aliphatic rings. The Kier molecular flexibility index (Phi) is 3.88. The Balaban J connectivity index is 1.56. The Morgan fingerprint density at radius 1 is 1.07 bits per heavy atom. The maximum absolute atomic E-state index is 6.48. The molecule has 1 atom stereocenters. The minimum absolute atomic E-state index is 0.0491. The summed E-state index contributed by atoms with van der Waals surface area (Å²) in [6.07, 6.45) is 7.28. The van der Waals surface area contributed by atoms with E-state index in [-0.39, 0.29) is 11.6 Å². The van der Waals surface area contributed by atoms with Crippen LogP contribution in [0.4, 0.5) is 5.82 Å². The summed E-state index contributed by atoms with van der Waals surface area (Å²) < 4.78 is 11.9. The smallest absolute Gasteiger partial charge is 0.145 e. The largest absolute Gasteiger partial charge is 0.494 e. The highest BCUT2D eigenvalue weighted by Crippen LogP contribution is 2.48. The molecule has 2 heterocycles. The number of para-hydroxylation sites is 2. The van der Waals surface area contributed by atoms with Gasteiger partial charge in [-0.15, -0.1) is 0 Å². The summed E-state index contributed by atoms with van der Waals surface area (Å²) in [4.78, 5) is 8.97. The highest BCUT2D eigenvalue weighted by Gasteiger charge is 2.43. The fourth-order valence-corrected chi connectivity index (χ4v) is 4.58. The summed E-state index contributed by atoms with van der Waals surface area (Å²) in [7, 11) is 1.67. The van der Waals surface area contributed by atoms with Crippen LogP contribution in [0.5, 0.6) is 11.5 Å². The Morgan fingerprint density at radius 3 is 2.78 bits per heavy atom. The third-order valence-electron chi connectivity index (χ3n) is 5.87. The molecule has 1 aromatic heterocycles. The van der Waals surface area contributed by atoms with Crippen LogP contribution in [0.25, 0.3) is 10.9 Å². The monoisotopic (exact) mass is 361 g/mol. The van der Waals surface area contributed by atoms with E-state index in [9.17, 15) is 0 Å². The van der Waals surface area contributed by atoms with Gasteiger partial charge in [-0.2, -0.15) is 0 Å². The van der Waals surface area contributed by atoms with Gasteiger partial charge in [0.25, 0.3) is 0 Å². The first kappa shape index (κ1) is 16.4. The number of nitrogens with zero attached hydrogens (tertiary/aromatic N) is 2. The SMILES string of the molecule is COc1cccc2c(NC3CC4(CCCC4)Oc4ccccc43)ncnc12. The topological polar surface area (TPSA) is 56.3 Å².